The first-order valence-electron chi connectivity index (χ1n) is 6.83. The molecule has 1 aromatic carbocycles. The van der Waals surface area contributed by atoms with Crippen LogP contribution >= 0.6 is 11.6 Å². The lowest BCUT2D eigenvalue weighted by atomic mass is 10.1. The Kier molecular flexibility index (Phi) is 5.23. The molecule has 1 aliphatic carbocycles. The van der Waals surface area contributed by atoms with Gasteiger partial charge in [0.2, 0.25) is 5.91 Å². The van der Waals surface area contributed by atoms with Crippen molar-refractivity contribution in [2.24, 2.45) is 5.92 Å². The molecular weight excluding hydrogens is 262 g/mol. The molecule has 0 bridgehead atoms. The summed E-state index contributed by atoms with van der Waals surface area (Å²) in [5.74, 6) is 0.487. The number of aryl methyl sites for hydroxylation is 1. The van der Waals surface area contributed by atoms with Crippen LogP contribution in [0.25, 0.3) is 0 Å². The van der Waals surface area contributed by atoms with E-state index in [1.165, 1.54) is 0 Å². The first-order chi connectivity index (χ1) is 9.15. The third-order valence-electron chi connectivity index (χ3n) is 3.68. The zero-order chi connectivity index (χ0) is 13.7. The van der Waals surface area contributed by atoms with E-state index in [1.807, 2.05) is 24.3 Å². The van der Waals surface area contributed by atoms with Crippen molar-refractivity contribution in [3.8, 4) is 0 Å². The van der Waals surface area contributed by atoms with Crippen LogP contribution in [0.3, 0.4) is 0 Å². The Morgan fingerprint density at radius 3 is 2.84 bits per heavy atom. The summed E-state index contributed by atoms with van der Waals surface area (Å²) in [6.45, 7) is 0.679. The molecule has 0 saturated heterocycles. The first kappa shape index (κ1) is 14.4. The van der Waals surface area contributed by atoms with Gasteiger partial charge in [0.15, 0.2) is 0 Å². The van der Waals surface area contributed by atoms with Gasteiger partial charge in [-0.05, 0) is 43.2 Å². The summed E-state index contributed by atoms with van der Waals surface area (Å²) in [6, 6.07) is 7.61. The zero-order valence-corrected chi connectivity index (χ0v) is 11.7. The maximum absolute atomic E-state index is 11.7. The molecule has 2 atom stereocenters. The topological polar surface area (TPSA) is 49.3 Å². The summed E-state index contributed by atoms with van der Waals surface area (Å²) in [7, 11) is 0. The van der Waals surface area contributed by atoms with Crippen molar-refractivity contribution in [1.82, 2.24) is 5.32 Å². The van der Waals surface area contributed by atoms with Crippen LogP contribution in [0, 0.1) is 5.92 Å². The lowest BCUT2D eigenvalue weighted by Crippen LogP contribution is -2.28. The average Bonchev–Trinajstić information content (AvgIpc) is 2.81. The molecule has 1 amide bonds. The molecule has 0 aliphatic heterocycles. The molecule has 0 spiro atoms. The standard InChI is InChI=1S/C15H20ClNO2/c16-14-4-2-1-3-12(14)6-8-15(19)17-10-11-5-7-13(18)9-11/h1-4,11,13,18H,5-10H2,(H,17,19). The van der Waals surface area contributed by atoms with Gasteiger partial charge in [-0.2, -0.15) is 0 Å². The molecule has 2 N–H and O–H groups in total. The predicted molar refractivity (Wildman–Crippen MR) is 76.1 cm³/mol. The van der Waals surface area contributed by atoms with Gasteiger partial charge in [-0.3, -0.25) is 4.79 Å². The Balaban J connectivity index is 1.69. The van der Waals surface area contributed by atoms with Gasteiger partial charge in [0.25, 0.3) is 0 Å². The second-order valence-electron chi connectivity index (χ2n) is 5.23. The highest BCUT2D eigenvalue weighted by atomic mass is 35.5. The van der Waals surface area contributed by atoms with Crippen molar-refractivity contribution < 1.29 is 9.90 Å². The number of amides is 1. The van der Waals surface area contributed by atoms with E-state index in [4.69, 9.17) is 11.6 Å². The first-order valence-corrected chi connectivity index (χ1v) is 7.21. The minimum absolute atomic E-state index is 0.0568. The number of aliphatic hydroxyl groups is 1. The van der Waals surface area contributed by atoms with Gasteiger partial charge in [0.05, 0.1) is 6.10 Å². The minimum Gasteiger partial charge on any atom is -0.393 e. The number of aliphatic hydroxyl groups excluding tert-OH is 1. The third-order valence-corrected chi connectivity index (χ3v) is 4.05. The summed E-state index contributed by atoms with van der Waals surface area (Å²) >= 11 is 6.04. The zero-order valence-electron chi connectivity index (χ0n) is 10.9. The normalized spacial score (nSPS) is 22.4. The molecule has 1 saturated carbocycles. The third kappa shape index (κ3) is 4.51. The Morgan fingerprint density at radius 1 is 1.37 bits per heavy atom. The Morgan fingerprint density at radius 2 is 2.16 bits per heavy atom. The number of nitrogens with one attached hydrogen (secondary N) is 1. The van der Waals surface area contributed by atoms with Crippen LogP contribution in [-0.4, -0.2) is 23.7 Å². The second kappa shape index (κ2) is 6.92. The van der Waals surface area contributed by atoms with Gasteiger partial charge in [-0.1, -0.05) is 29.8 Å². The van der Waals surface area contributed by atoms with E-state index in [-0.39, 0.29) is 12.0 Å². The van der Waals surface area contributed by atoms with Crippen molar-refractivity contribution in [3.05, 3.63) is 34.9 Å². The summed E-state index contributed by atoms with van der Waals surface area (Å²) in [4.78, 5) is 11.7. The van der Waals surface area contributed by atoms with E-state index in [0.717, 1.165) is 24.8 Å². The number of hydrogen-bond acceptors (Lipinski definition) is 2. The number of carbonyl (C=O) groups is 1. The van der Waals surface area contributed by atoms with Gasteiger partial charge in [0, 0.05) is 18.0 Å². The maximum Gasteiger partial charge on any atom is 0.220 e. The predicted octanol–water partition coefficient (Wildman–Crippen LogP) is 2.55. The van der Waals surface area contributed by atoms with Gasteiger partial charge >= 0.3 is 0 Å². The molecule has 1 fully saturated rings. The summed E-state index contributed by atoms with van der Waals surface area (Å²) in [5, 5.41) is 13.1. The van der Waals surface area contributed by atoms with Crippen LogP contribution in [0.1, 0.15) is 31.2 Å². The summed E-state index contributed by atoms with van der Waals surface area (Å²) < 4.78 is 0. The molecule has 104 valence electrons. The van der Waals surface area contributed by atoms with E-state index in [1.54, 1.807) is 0 Å². The molecule has 0 radical (unpaired) electrons. The second-order valence-corrected chi connectivity index (χ2v) is 5.64. The fourth-order valence-corrected chi connectivity index (χ4v) is 2.76. The van der Waals surface area contributed by atoms with E-state index < -0.39 is 0 Å². The SMILES string of the molecule is O=C(CCc1ccccc1Cl)NCC1CCC(O)C1. The Labute approximate surface area is 119 Å². The molecule has 4 heteroatoms. The van der Waals surface area contributed by atoms with Crippen molar-refractivity contribution in [2.45, 2.75) is 38.2 Å². The molecular formula is C15H20ClNO2. The van der Waals surface area contributed by atoms with Crippen LogP contribution in [0.2, 0.25) is 5.02 Å². The quantitative estimate of drug-likeness (QED) is 0.871. The van der Waals surface area contributed by atoms with Crippen LogP contribution in [0.5, 0.6) is 0 Å². The van der Waals surface area contributed by atoms with Gasteiger partial charge in [-0.25, -0.2) is 0 Å². The molecule has 2 unspecified atom stereocenters. The van der Waals surface area contributed by atoms with Gasteiger partial charge < -0.3 is 10.4 Å². The molecule has 1 aromatic rings. The molecule has 19 heavy (non-hydrogen) atoms. The highest BCUT2D eigenvalue weighted by Crippen LogP contribution is 2.24. The number of hydrogen-bond donors (Lipinski definition) is 2. The number of benzene rings is 1. The molecule has 0 heterocycles. The minimum atomic E-state index is -0.176. The van der Waals surface area contributed by atoms with E-state index >= 15 is 0 Å². The smallest absolute Gasteiger partial charge is 0.220 e. The monoisotopic (exact) mass is 281 g/mol. The molecule has 0 aromatic heterocycles. The van der Waals surface area contributed by atoms with Crippen molar-refractivity contribution >= 4 is 17.5 Å². The van der Waals surface area contributed by atoms with Crippen LogP contribution in [-0.2, 0) is 11.2 Å². The molecule has 2 rings (SSSR count). The summed E-state index contributed by atoms with van der Waals surface area (Å²) in [6.07, 6.45) is 3.62. The average molecular weight is 282 g/mol. The molecule has 1 aliphatic rings. The number of halogens is 1. The maximum atomic E-state index is 11.7. The van der Waals surface area contributed by atoms with E-state index in [0.29, 0.717) is 30.3 Å². The lowest BCUT2D eigenvalue weighted by molar-refractivity contribution is -0.121. The van der Waals surface area contributed by atoms with Gasteiger partial charge in [0.1, 0.15) is 0 Å². The number of rotatable bonds is 5. The van der Waals surface area contributed by atoms with E-state index in [9.17, 15) is 9.90 Å². The van der Waals surface area contributed by atoms with E-state index in [2.05, 4.69) is 5.32 Å². The van der Waals surface area contributed by atoms with Gasteiger partial charge in [-0.15, -0.1) is 0 Å². The van der Waals surface area contributed by atoms with Crippen LogP contribution < -0.4 is 5.32 Å². The van der Waals surface area contributed by atoms with Crippen molar-refractivity contribution in [2.75, 3.05) is 6.54 Å². The lowest BCUT2D eigenvalue weighted by Gasteiger charge is -2.11. The Hall–Kier alpha value is -1.06. The fourth-order valence-electron chi connectivity index (χ4n) is 2.53. The Bertz CT molecular complexity index is 436. The molecule has 3 nitrogen and oxygen atoms in total. The van der Waals surface area contributed by atoms with Crippen LogP contribution in [0.4, 0.5) is 0 Å². The van der Waals surface area contributed by atoms with Crippen LogP contribution in [0.15, 0.2) is 24.3 Å². The summed E-state index contributed by atoms with van der Waals surface area (Å²) in [5.41, 5.74) is 1.01. The van der Waals surface area contributed by atoms with Crippen molar-refractivity contribution in [1.29, 1.82) is 0 Å². The highest BCUT2D eigenvalue weighted by Gasteiger charge is 2.22. The van der Waals surface area contributed by atoms with Crippen molar-refractivity contribution in [3.63, 3.8) is 0 Å². The highest BCUT2D eigenvalue weighted by molar-refractivity contribution is 6.31. The largest absolute Gasteiger partial charge is 0.393 e. The number of carbonyl (C=O) groups excluding carboxylic acids is 1. The fraction of sp³-hybridized carbons (Fsp3) is 0.533.